The fourth-order valence-corrected chi connectivity index (χ4v) is 9.00. The van der Waals surface area contributed by atoms with Gasteiger partial charge < -0.3 is 36.4 Å². The Balaban J connectivity index is 1.29. The number of likely N-dealkylation sites (N-methyl/N-ethyl adjacent to an activating group) is 2. The predicted molar refractivity (Wildman–Crippen MR) is 250 cm³/mol. The lowest BCUT2D eigenvalue weighted by atomic mass is 9.87. The highest BCUT2D eigenvalue weighted by Crippen LogP contribution is 2.40. The SMILES string of the molecule is C[C@@H]1CC(=O)[C@@H](N(C)C(=O)[C@H](CCCCN)CC(=O)c2ccc(-c3ccc(Cl)cc3)cc2)c2ccc(O)c(c2)-c2cc(ccc2O)C[C@@H](C(=O)C[C@@H](C)C(=O)N(C)[C@@H]2CCNC2=O)NC1=O. The zero-order valence-electron chi connectivity index (χ0n) is 37.7. The number of hydrogen-bond acceptors (Lipinski definition) is 10. The number of nitrogens with two attached hydrogens (primary N) is 1. The van der Waals surface area contributed by atoms with Crippen molar-refractivity contribution in [3.8, 4) is 33.8 Å². The van der Waals surface area contributed by atoms with E-state index in [-0.39, 0.29) is 60.0 Å². The first-order valence-corrected chi connectivity index (χ1v) is 22.8. The summed E-state index contributed by atoms with van der Waals surface area (Å²) in [6, 6.07) is 20.2. The largest absolute Gasteiger partial charge is 0.507 e. The van der Waals surface area contributed by atoms with Crippen molar-refractivity contribution in [2.75, 3.05) is 27.2 Å². The molecule has 66 heavy (non-hydrogen) atoms. The van der Waals surface area contributed by atoms with Crippen LogP contribution >= 0.6 is 11.6 Å². The first-order valence-electron chi connectivity index (χ1n) is 22.4. The summed E-state index contributed by atoms with van der Waals surface area (Å²) in [5, 5.41) is 28.5. The first kappa shape index (κ1) is 49.1. The van der Waals surface area contributed by atoms with E-state index in [0.717, 1.165) is 11.1 Å². The molecule has 348 valence electrons. The van der Waals surface area contributed by atoms with E-state index in [1.165, 1.54) is 48.2 Å². The Bertz CT molecular complexity index is 2480. The Morgan fingerprint density at radius 3 is 2.06 bits per heavy atom. The predicted octanol–water partition coefficient (Wildman–Crippen LogP) is 6.18. The molecule has 6 rings (SSSR count). The molecule has 4 aromatic carbocycles. The van der Waals surface area contributed by atoms with Gasteiger partial charge in [-0.15, -0.1) is 0 Å². The topological polar surface area (TPSA) is 217 Å². The summed E-state index contributed by atoms with van der Waals surface area (Å²) in [6.45, 7) is 3.94. The zero-order chi connectivity index (χ0) is 47.8. The number of halogens is 1. The lowest BCUT2D eigenvalue weighted by molar-refractivity contribution is -0.142. The van der Waals surface area contributed by atoms with Crippen molar-refractivity contribution in [2.24, 2.45) is 23.5 Å². The summed E-state index contributed by atoms with van der Waals surface area (Å²) in [5.41, 5.74) is 9.16. The maximum Gasteiger partial charge on any atom is 0.242 e. The normalized spacial score (nSPS) is 19.5. The number of rotatable bonds is 15. The van der Waals surface area contributed by atoms with Crippen LogP contribution in [0.4, 0.5) is 0 Å². The number of Topliss-reactive ketones (excluding diaryl/α,β-unsaturated/α-hetero) is 3. The molecule has 1 fully saturated rings. The zero-order valence-corrected chi connectivity index (χ0v) is 38.5. The summed E-state index contributed by atoms with van der Waals surface area (Å²) >= 11 is 6.07. The summed E-state index contributed by atoms with van der Waals surface area (Å²) in [4.78, 5) is 99.6. The summed E-state index contributed by atoms with van der Waals surface area (Å²) in [5.74, 6) is -6.13. The molecule has 14 nitrogen and oxygen atoms in total. The smallest absolute Gasteiger partial charge is 0.242 e. The number of fused-ring (bicyclic) bond motifs is 5. The van der Waals surface area contributed by atoms with Crippen LogP contribution in [0.5, 0.6) is 11.5 Å². The van der Waals surface area contributed by atoms with Gasteiger partial charge in [0.1, 0.15) is 23.6 Å². The van der Waals surface area contributed by atoms with Crippen LogP contribution in [0, 0.1) is 17.8 Å². The van der Waals surface area contributed by atoms with Crippen molar-refractivity contribution >= 4 is 52.6 Å². The Morgan fingerprint density at radius 1 is 0.788 bits per heavy atom. The minimum atomic E-state index is -1.30. The standard InChI is InChI=1S/C51H58ClN5O9/c1-29-23-46(62)47(57(4)51(66)36(7-5-6-21-53)28-44(60)34-11-9-32(10-12-34)33-13-16-37(52)17-14-33)35-15-19-43(59)39(27-35)38-25-31(8-18-42(38)58)26-40(55-48(29)63)45(61)24-30(2)50(65)56(3)41-20-22-54-49(41)64/h8-19,25,27,29-30,36,40-41,47,58-59H,5-7,20-24,26,28,53H2,1-4H3,(H,54,64)(H,55,63)/t29-,30-,36-,40+,41-,47+/m1/s1. The maximum atomic E-state index is 14.7. The second kappa shape index (κ2) is 21.7. The lowest BCUT2D eigenvalue weighted by Gasteiger charge is -2.32. The van der Waals surface area contributed by atoms with Gasteiger partial charge in [0, 0.05) is 79.4 Å². The second-order valence-electron chi connectivity index (χ2n) is 17.6. The molecule has 2 aliphatic rings. The number of carbonyl (C=O) groups excluding carboxylic acids is 7. The number of phenols is 2. The highest BCUT2D eigenvalue weighted by Gasteiger charge is 2.37. The van der Waals surface area contributed by atoms with Gasteiger partial charge in [0.25, 0.3) is 0 Å². The molecule has 0 spiro atoms. The molecule has 0 unspecified atom stereocenters. The minimum Gasteiger partial charge on any atom is -0.507 e. The van der Waals surface area contributed by atoms with Gasteiger partial charge in [0.15, 0.2) is 17.3 Å². The van der Waals surface area contributed by atoms with E-state index in [2.05, 4.69) is 10.6 Å². The molecule has 4 amide bonds. The number of carbonyl (C=O) groups is 7. The number of ketones is 3. The Morgan fingerprint density at radius 2 is 1.42 bits per heavy atom. The number of phenolic OH excluding ortho intramolecular Hbond substituents is 2. The van der Waals surface area contributed by atoms with Crippen LogP contribution in [0.15, 0.2) is 84.9 Å². The van der Waals surface area contributed by atoms with Gasteiger partial charge in [-0.25, -0.2) is 0 Å². The quantitative estimate of drug-likeness (QED) is 0.0674. The number of benzene rings is 4. The van der Waals surface area contributed by atoms with Gasteiger partial charge in [-0.2, -0.15) is 0 Å². The van der Waals surface area contributed by atoms with Crippen molar-refractivity contribution < 1.29 is 43.8 Å². The van der Waals surface area contributed by atoms with Crippen molar-refractivity contribution in [3.05, 3.63) is 107 Å². The van der Waals surface area contributed by atoms with Gasteiger partial charge in [0.05, 0.1) is 6.04 Å². The van der Waals surface area contributed by atoms with E-state index in [4.69, 9.17) is 17.3 Å². The number of unbranched alkanes of at least 4 members (excludes halogenated alkanes) is 1. The fourth-order valence-electron chi connectivity index (χ4n) is 8.87. The van der Waals surface area contributed by atoms with Crippen LogP contribution in [0.25, 0.3) is 22.3 Å². The van der Waals surface area contributed by atoms with Gasteiger partial charge in [-0.1, -0.05) is 80.4 Å². The van der Waals surface area contributed by atoms with E-state index in [0.29, 0.717) is 60.5 Å². The number of nitrogens with one attached hydrogen (secondary N) is 2. The van der Waals surface area contributed by atoms with Crippen LogP contribution in [0.3, 0.4) is 0 Å². The molecule has 15 heteroatoms. The average molecular weight is 921 g/mol. The van der Waals surface area contributed by atoms with Crippen molar-refractivity contribution in [3.63, 3.8) is 0 Å². The van der Waals surface area contributed by atoms with Gasteiger partial charge >= 0.3 is 0 Å². The highest BCUT2D eigenvalue weighted by molar-refractivity contribution is 6.30. The third kappa shape index (κ3) is 11.5. The van der Waals surface area contributed by atoms with E-state index >= 15 is 0 Å². The molecular weight excluding hydrogens is 862 g/mol. The second-order valence-corrected chi connectivity index (χ2v) is 18.1. The van der Waals surface area contributed by atoms with Crippen molar-refractivity contribution in [1.82, 2.24) is 20.4 Å². The minimum absolute atomic E-state index is 0.0443. The Kier molecular flexibility index (Phi) is 16.2. The average Bonchev–Trinajstić information content (AvgIpc) is 3.74. The van der Waals surface area contributed by atoms with Gasteiger partial charge in [0.2, 0.25) is 23.6 Å². The molecule has 4 bridgehead atoms. The van der Waals surface area contributed by atoms with Crippen molar-refractivity contribution in [2.45, 2.75) is 83.3 Å². The highest BCUT2D eigenvalue weighted by atomic mass is 35.5. The van der Waals surface area contributed by atoms with Crippen LogP contribution in [-0.4, -0.2) is 100 Å². The Labute approximate surface area is 389 Å². The van der Waals surface area contributed by atoms with Crippen LogP contribution in [0.1, 0.15) is 86.3 Å². The molecule has 6 atom stereocenters. The molecule has 2 heterocycles. The summed E-state index contributed by atoms with van der Waals surface area (Å²) in [6.07, 6.45) is 1.08. The van der Waals surface area contributed by atoms with Gasteiger partial charge in [-0.3, -0.25) is 33.6 Å². The van der Waals surface area contributed by atoms with Crippen molar-refractivity contribution in [1.29, 1.82) is 0 Å². The Hall–Kier alpha value is -6.38. The monoisotopic (exact) mass is 919 g/mol. The number of nitrogens with zero attached hydrogens (tertiary/aromatic N) is 2. The molecular formula is C51H58ClN5O9. The summed E-state index contributed by atoms with van der Waals surface area (Å²) < 4.78 is 0. The number of amides is 4. The maximum absolute atomic E-state index is 14.7. The molecule has 0 aromatic heterocycles. The molecule has 0 radical (unpaired) electrons. The van der Waals surface area contributed by atoms with Crippen LogP contribution in [-0.2, 0) is 35.2 Å². The lowest BCUT2D eigenvalue weighted by Crippen LogP contribution is -2.48. The van der Waals surface area contributed by atoms with Crippen LogP contribution < -0.4 is 16.4 Å². The van der Waals surface area contributed by atoms with E-state index < -0.39 is 65.2 Å². The molecule has 2 aliphatic heterocycles. The third-order valence-corrected chi connectivity index (χ3v) is 13.0. The van der Waals surface area contributed by atoms with E-state index in [1.807, 2.05) is 24.3 Å². The first-order chi connectivity index (χ1) is 31.5. The molecule has 4 aromatic rings. The van der Waals surface area contributed by atoms with E-state index in [1.54, 1.807) is 50.2 Å². The number of hydrogen-bond donors (Lipinski definition) is 5. The molecule has 6 N–H and O–H groups in total. The molecule has 0 aliphatic carbocycles. The summed E-state index contributed by atoms with van der Waals surface area (Å²) in [7, 11) is 2.99. The van der Waals surface area contributed by atoms with Gasteiger partial charge in [-0.05, 0) is 90.9 Å². The molecule has 0 saturated carbocycles. The number of aromatic hydroxyl groups is 2. The molecule has 1 saturated heterocycles. The van der Waals surface area contributed by atoms with Crippen LogP contribution in [0.2, 0.25) is 5.02 Å². The van der Waals surface area contributed by atoms with E-state index in [9.17, 15) is 43.8 Å². The fraction of sp³-hybridized carbons (Fsp3) is 0.392. The third-order valence-electron chi connectivity index (χ3n) is 12.8.